The summed E-state index contributed by atoms with van der Waals surface area (Å²) in [5.74, 6) is 0.889. The number of thioether (sulfide) groups is 1. The monoisotopic (exact) mass is 390 g/mol. The molecule has 26 heavy (non-hydrogen) atoms. The molecule has 1 amide bonds. The molecule has 0 aliphatic carbocycles. The lowest BCUT2D eigenvalue weighted by Gasteiger charge is -2.18. The van der Waals surface area contributed by atoms with E-state index in [1.165, 1.54) is 18.9 Å². The zero-order chi connectivity index (χ0) is 18.5. The standard InChI is InChI=1S/C18H18N2O4S2/c1-22-15-9-12(4-5-14(15)24-8-6-19)10-16-17(21)20(18(25)26-16)11-13-3-2-7-23-13/h4-5,9-10,13H,2-3,7-8,11H2,1H3/b16-10-/t13-/m1/s1. The van der Waals surface area contributed by atoms with Crippen LogP contribution >= 0.6 is 24.0 Å². The SMILES string of the molecule is COc1cc(/C=C2\SC(=S)N(C[C@H]3CCCO3)C2=O)ccc1OCC#N. The van der Waals surface area contributed by atoms with Gasteiger partial charge in [-0.2, -0.15) is 5.26 Å². The highest BCUT2D eigenvalue weighted by atomic mass is 32.2. The molecule has 0 N–H and O–H groups in total. The Labute approximate surface area is 161 Å². The van der Waals surface area contributed by atoms with Crippen molar-refractivity contribution in [1.29, 1.82) is 5.26 Å². The average molecular weight is 390 g/mol. The minimum absolute atomic E-state index is 0.0579. The molecule has 136 valence electrons. The van der Waals surface area contributed by atoms with E-state index in [9.17, 15) is 4.79 Å². The van der Waals surface area contributed by atoms with E-state index in [1.807, 2.05) is 12.1 Å². The van der Waals surface area contributed by atoms with Crippen molar-refractivity contribution in [3.8, 4) is 17.6 Å². The number of nitrogens with zero attached hydrogens (tertiary/aromatic N) is 2. The Kier molecular flexibility index (Phi) is 6.14. The third-order valence-corrected chi connectivity index (χ3v) is 5.44. The van der Waals surface area contributed by atoms with Crippen LogP contribution in [-0.2, 0) is 9.53 Å². The first-order valence-electron chi connectivity index (χ1n) is 8.17. The Bertz CT molecular complexity index is 782. The number of nitriles is 1. The molecule has 3 rings (SSSR count). The number of ether oxygens (including phenoxy) is 3. The van der Waals surface area contributed by atoms with Crippen LogP contribution in [0.1, 0.15) is 18.4 Å². The summed E-state index contributed by atoms with van der Waals surface area (Å²) in [5, 5.41) is 8.62. The van der Waals surface area contributed by atoms with Gasteiger partial charge in [0.25, 0.3) is 5.91 Å². The van der Waals surface area contributed by atoms with Crippen LogP contribution in [0.2, 0.25) is 0 Å². The molecular formula is C18H18N2O4S2. The fourth-order valence-corrected chi connectivity index (χ4v) is 4.08. The molecule has 8 heteroatoms. The molecule has 0 saturated carbocycles. The van der Waals surface area contributed by atoms with Gasteiger partial charge in [0.1, 0.15) is 10.4 Å². The number of carbonyl (C=O) groups is 1. The molecule has 2 aliphatic heterocycles. The Morgan fingerprint density at radius 2 is 2.35 bits per heavy atom. The van der Waals surface area contributed by atoms with E-state index in [0.29, 0.717) is 27.3 Å². The van der Waals surface area contributed by atoms with Crippen molar-refractivity contribution < 1.29 is 19.0 Å². The van der Waals surface area contributed by atoms with Crippen LogP contribution in [0.5, 0.6) is 11.5 Å². The normalized spacial score (nSPS) is 21.3. The van der Waals surface area contributed by atoms with Crippen LogP contribution in [0.15, 0.2) is 23.1 Å². The lowest BCUT2D eigenvalue weighted by Crippen LogP contribution is -2.35. The summed E-state index contributed by atoms with van der Waals surface area (Å²) in [7, 11) is 1.53. The summed E-state index contributed by atoms with van der Waals surface area (Å²) in [6.07, 6.45) is 3.83. The molecule has 1 aromatic carbocycles. The summed E-state index contributed by atoms with van der Waals surface area (Å²) < 4.78 is 16.8. The topological polar surface area (TPSA) is 71.8 Å². The molecule has 0 spiro atoms. The van der Waals surface area contributed by atoms with Crippen LogP contribution < -0.4 is 9.47 Å². The van der Waals surface area contributed by atoms with Crippen molar-refractivity contribution >= 4 is 40.3 Å². The molecule has 0 aromatic heterocycles. The van der Waals surface area contributed by atoms with E-state index < -0.39 is 0 Å². The molecule has 1 aromatic rings. The average Bonchev–Trinajstić information content (AvgIpc) is 3.25. The number of hydrogen-bond acceptors (Lipinski definition) is 7. The number of hydrogen-bond donors (Lipinski definition) is 0. The maximum Gasteiger partial charge on any atom is 0.266 e. The summed E-state index contributed by atoms with van der Waals surface area (Å²) >= 11 is 6.65. The zero-order valence-corrected chi connectivity index (χ0v) is 15.9. The number of thiocarbonyl (C=S) groups is 1. The minimum Gasteiger partial charge on any atom is -0.493 e. The van der Waals surface area contributed by atoms with Crippen LogP contribution in [0.25, 0.3) is 6.08 Å². The third-order valence-electron chi connectivity index (χ3n) is 4.06. The van der Waals surface area contributed by atoms with Gasteiger partial charge in [0.05, 0.1) is 24.7 Å². The van der Waals surface area contributed by atoms with Gasteiger partial charge in [0, 0.05) is 6.61 Å². The highest BCUT2D eigenvalue weighted by Crippen LogP contribution is 2.35. The fraction of sp³-hybridized carbons (Fsp3) is 0.389. The van der Waals surface area contributed by atoms with Gasteiger partial charge in [-0.05, 0) is 36.6 Å². The summed E-state index contributed by atoms with van der Waals surface area (Å²) in [6, 6.07) is 7.21. The van der Waals surface area contributed by atoms with Crippen molar-refractivity contribution in [2.24, 2.45) is 0 Å². The fourth-order valence-electron chi connectivity index (χ4n) is 2.80. The van der Waals surface area contributed by atoms with Gasteiger partial charge in [-0.15, -0.1) is 0 Å². The number of carbonyl (C=O) groups excluding carboxylic acids is 1. The van der Waals surface area contributed by atoms with Gasteiger partial charge in [0.2, 0.25) is 0 Å². The molecule has 2 heterocycles. The van der Waals surface area contributed by atoms with Crippen molar-refractivity contribution in [3.05, 3.63) is 28.7 Å². The number of amides is 1. The molecule has 2 aliphatic rings. The van der Waals surface area contributed by atoms with Gasteiger partial charge in [-0.1, -0.05) is 30.0 Å². The Hall–Kier alpha value is -2.08. The van der Waals surface area contributed by atoms with Crippen molar-refractivity contribution in [3.63, 3.8) is 0 Å². The largest absolute Gasteiger partial charge is 0.493 e. The molecule has 0 bridgehead atoms. The van der Waals surface area contributed by atoms with Crippen LogP contribution in [0.4, 0.5) is 0 Å². The summed E-state index contributed by atoms with van der Waals surface area (Å²) in [6.45, 7) is 1.19. The Morgan fingerprint density at radius 3 is 3.04 bits per heavy atom. The first kappa shape index (κ1) is 18.7. The quantitative estimate of drug-likeness (QED) is 0.546. The first-order valence-corrected chi connectivity index (χ1v) is 9.39. The van der Waals surface area contributed by atoms with Gasteiger partial charge in [-0.3, -0.25) is 9.69 Å². The van der Waals surface area contributed by atoms with E-state index >= 15 is 0 Å². The second-order valence-corrected chi connectivity index (χ2v) is 7.46. The van der Waals surface area contributed by atoms with Gasteiger partial charge >= 0.3 is 0 Å². The predicted octanol–water partition coefficient (Wildman–Crippen LogP) is 2.98. The number of benzene rings is 1. The highest BCUT2D eigenvalue weighted by molar-refractivity contribution is 8.26. The molecule has 0 unspecified atom stereocenters. The molecule has 0 radical (unpaired) electrons. The third kappa shape index (κ3) is 4.18. The Morgan fingerprint density at radius 1 is 1.50 bits per heavy atom. The van der Waals surface area contributed by atoms with E-state index in [2.05, 4.69) is 0 Å². The van der Waals surface area contributed by atoms with E-state index in [4.69, 9.17) is 31.7 Å². The van der Waals surface area contributed by atoms with Crippen LogP contribution in [-0.4, -0.2) is 48.1 Å². The maximum absolute atomic E-state index is 12.7. The lowest BCUT2D eigenvalue weighted by molar-refractivity contribution is -0.123. The van der Waals surface area contributed by atoms with Gasteiger partial charge < -0.3 is 14.2 Å². The van der Waals surface area contributed by atoms with Gasteiger partial charge in [0.15, 0.2) is 18.1 Å². The lowest BCUT2D eigenvalue weighted by atomic mass is 10.1. The second-order valence-electron chi connectivity index (χ2n) is 5.78. The molecule has 2 saturated heterocycles. The highest BCUT2D eigenvalue weighted by Gasteiger charge is 2.34. The van der Waals surface area contributed by atoms with E-state index in [0.717, 1.165) is 25.0 Å². The maximum atomic E-state index is 12.7. The zero-order valence-electron chi connectivity index (χ0n) is 14.3. The second kappa shape index (κ2) is 8.54. The van der Waals surface area contributed by atoms with Gasteiger partial charge in [-0.25, -0.2) is 0 Å². The number of methoxy groups -OCH3 is 1. The van der Waals surface area contributed by atoms with Crippen molar-refractivity contribution in [2.75, 3.05) is 26.9 Å². The molecule has 6 nitrogen and oxygen atoms in total. The number of rotatable bonds is 6. The molecule has 2 fully saturated rings. The molecular weight excluding hydrogens is 372 g/mol. The van der Waals surface area contributed by atoms with E-state index in [-0.39, 0.29) is 18.6 Å². The molecule has 1 atom stereocenters. The predicted molar refractivity (Wildman–Crippen MR) is 103 cm³/mol. The van der Waals surface area contributed by atoms with E-state index in [1.54, 1.807) is 23.1 Å². The smallest absolute Gasteiger partial charge is 0.266 e. The van der Waals surface area contributed by atoms with Crippen LogP contribution in [0, 0.1) is 11.3 Å². The minimum atomic E-state index is -0.0979. The Balaban J connectivity index is 1.76. The van der Waals surface area contributed by atoms with Crippen molar-refractivity contribution in [1.82, 2.24) is 4.90 Å². The van der Waals surface area contributed by atoms with Crippen LogP contribution in [0.3, 0.4) is 0 Å². The van der Waals surface area contributed by atoms with Crippen molar-refractivity contribution in [2.45, 2.75) is 18.9 Å². The first-order chi connectivity index (χ1) is 12.6. The summed E-state index contributed by atoms with van der Waals surface area (Å²) in [4.78, 5) is 14.9. The summed E-state index contributed by atoms with van der Waals surface area (Å²) in [5.41, 5.74) is 0.795.